The maximum atomic E-state index is 13.2. The maximum absolute atomic E-state index is 13.2. The molecular weight excluding hydrogens is 424 g/mol. The summed E-state index contributed by atoms with van der Waals surface area (Å²) in [4.78, 5) is 11.8. The zero-order chi connectivity index (χ0) is 17.4. The molecule has 0 heterocycles. The van der Waals surface area contributed by atoms with Gasteiger partial charge in [0.1, 0.15) is 6.10 Å². The number of rotatable bonds is 3. The molecule has 5 atom stereocenters. The maximum Gasteiger partial charge on any atom is 0.426 e. The first-order valence-corrected chi connectivity index (χ1v) is 8.98. The summed E-state index contributed by atoms with van der Waals surface area (Å²) in [6.45, 7) is 5.10. The lowest BCUT2D eigenvalue weighted by atomic mass is 9.62. The molecule has 0 radical (unpaired) electrons. The SMILES string of the molecule is C=C(C)C(=O)OC1CCCC2C1CCCC2C(O)(I)C(F)(F)F. The Balaban J connectivity index is 2.19. The second-order valence-electron chi connectivity index (χ2n) is 6.69. The van der Waals surface area contributed by atoms with Crippen LogP contribution in [0.1, 0.15) is 45.4 Å². The third-order valence-electron chi connectivity index (χ3n) is 5.12. The van der Waals surface area contributed by atoms with Gasteiger partial charge in [0.05, 0.1) is 0 Å². The largest absolute Gasteiger partial charge is 0.459 e. The molecule has 2 saturated carbocycles. The Morgan fingerprint density at radius 3 is 2.30 bits per heavy atom. The van der Waals surface area contributed by atoms with E-state index in [1.807, 2.05) is 0 Å². The minimum Gasteiger partial charge on any atom is -0.459 e. The zero-order valence-electron chi connectivity index (χ0n) is 13.0. The summed E-state index contributed by atoms with van der Waals surface area (Å²) >= 11 is 1.14. The van der Waals surface area contributed by atoms with Crippen LogP contribution in [-0.2, 0) is 9.53 Å². The Morgan fingerprint density at radius 2 is 1.74 bits per heavy atom. The fourth-order valence-electron chi connectivity index (χ4n) is 4.02. The summed E-state index contributed by atoms with van der Waals surface area (Å²) in [5, 5.41) is 10.1. The van der Waals surface area contributed by atoms with E-state index in [2.05, 4.69) is 6.58 Å². The van der Waals surface area contributed by atoms with E-state index in [1.54, 1.807) is 6.92 Å². The van der Waals surface area contributed by atoms with Crippen LogP contribution in [0.3, 0.4) is 0 Å². The molecule has 2 aliphatic rings. The normalized spacial score (nSPS) is 34.2. The molecule has 2 aliphatic carbocycles. The van der Waals surface area contributed by atoms with E-state index in [1.165, 1.54) is 0 Å². The van der Waals surface area contributed by atoms with Crippen LogP contribution in [0.5, 0.6) is 0 Å². The number of hydrogen-bond donors (Lipinski definition) is 1. The Labute approximate surface area is 147 Å². The number of hydrogen-bond acceptors (Lipinski definition) is 3. The molecule has 0 aromatic rings. The summed E-state index contributed by atoms with van der Waals surface area (Å²) in [6, 6.07) is 0. The van der Waals surface area contributed by atoms with Gasteiger partial charge in [-0.15, -0.1) is 0 Å². The molecule has 0 aliphatic heterocycles. The highest BCUT2D eigenvalue weighted by Crippen LogP contribution is 2.54. The van der Waals surface area contributed by atoms with E-state index in [-0.39, 0.29) is 17.9 Å². The Kier molecular flexibility index (Phi) is 5.70. The van der Waals surface area contributed by atoms with Crippen LogP contribution in [0, 0.1) is 17.8 Å². The summed E-state index contributed by atoms with van der Waals surface area (Å²) in [6.07, 6.45) is -1.34. The number of ether oxygens (including phenoxy) is 1. The van der Waals surface area contributed by atoms with Crippen molar-refractivity contribution >= 4 is 28.6 Å². The van der Waals surface area contributed by atoms with Crippen molar-refractivity contribution in [1.82, 2.24) is 0 Å². The van der Waals surface area contributed by atoms with Gasteiger partial charge in [-0.3, -0.25) is 0 Å². The first-order chi connectivity index (χ1) is 10.6. The van der Waals surface area contributed by atoms with E-state index >= 15 is 0 Å². The van der Waals surface area contributed by atoms with Gasteiger partial charge in [-0.2, -0.15) is 13.2 Å². The number of aliphatic hydroxyl groups is 1. The van der Waals surface area contributed by atoms with Crippen molar-refractivity contribution in [3.05, 3.63) is 12.2 Å². The quantitative estimate of drug-likeness (QED) is 0.303. The highest BCUT2D eigenvalue weighted by atomic mass is 127. The second kappa shape index (κ2) is 6.90. The van der Waals surface area contributed by atoms with Crippen molar-refractivity contribution in [3.63, 3.8) is 0 Å². The minimum absolute atomic E-state index is 0.116. The summed E-state index contributed by atoms with van der Waals surface area (Å²) in [7, 11) is 0. The summed E-state index contributed by atoms with van der Waals surface area (Å²) < 4.78 is 42.4. The molecule has 0 bridgehead atoms. The van der Waals surface area contributed by atoms with E-state index in [9.17, 15) is 23.1 Å². The van der Waals surface area contributed by atoms with Crippen LogP contribution < -0.4 is 0 Å². The predicted molar refractivity (Wildman–Crippen MR) is 87.9 cm³/mol. The molecule has 0 saturated heterocycles. The van der Waals surface area contributed by atoms with Crippen molar-refractivity contribution in [2.75, 3.05) is 0 Å². The highest BCUT2D eigenvalue weighted by molar-refractivity contribution is 14.1. The first kappa shape index (κ1) is 19.0. The monoisotopic (exact) mass is 446 g/mol. The molecule has 132 valence electrons. The molecule has 2 fully saturated rings. The van der Waals surface area contributed by atoms with Gasteiger partial charge in [-0.25, -0.2) is 4.79 Å². The molecule has 7 heteroatoms. The molecule has 0 amide bonds. The van der Waals surface area contributed by atoms with Gasteiger partial charge in [0.25, 0.3) is 0 Å². The lowest BCUT2D eigenvalue weighted by molar-refractivity contribution is -0.243. The molecule has 0 aromatic heterocycles. The van der Waals surface area contributed by atoms with Crippen molar-refractivity contribution in [2.24, 2.45) is 17.8 Å². The number of carbonyl (C=O) groups is 1. The van der Waals surface area contributed by atoms with Crippen LogP contribution in [0.15, 0.2) is 12.2 Å². The smallest absolute Gasteiger partial charge is 0.426 e. The Morgan fingerprint density at radius 1 is 1.17 bits per heavy atom. The third-order valence-corrected chi connectivity index (χ3v) is 6.53. The molecule has 0 spiro atoms. The zero-order valence-corrected chi connectivity index (χ0v) is 15.2. The van der Waals surface area contributed by atoms with Crippen LogP contribution in [0.4, 0.5) is 13.2 Å². The second-order valence-corrected chi connectivity index (χ2v) is 8.34. The van der Waals surface area contributed by atoms with Crippen LogP contribution >= 0.6 is 22.6 Å². The molecule has 0 aromatic carbocycles. The lowest BCUT2D eigenvalue weighted by Crippen LogP contribution is -2.53. The fraction of sp³-hybridized carbons (Fsp3) is 0.812. The van der Waals surface area contributed by atoms with Crippen LogP contribution in [-0.4, -0.2) is 27.0 Å². The van der Waals surface area contributed by atoms with Gasteiger partial charge in [-0.05, 0) is 73.5 Å². The van der Waals surface area contributed by atoms with Gasteiger partial charge in [0.2, 0.25) is 3.61 Å². The van der Waals surface area contributed by atoms with Crippen LogP contribution in [0.2, 0.25) is 0 Å². The third kappa shape index (κ3) is 3.86. The average Bonchev–Trinajstić information content (AvgIpc) is 2.45. The summed E-state index contributed by atoms with van der Waals surface area (Å²) in [5.41, 5.74) is 0.292. The number of esters is 1. The highest BCUT2D eigenvalue weighted by Gasteiger charge is 2.60. The van der Waals surface area contributed by atoms with Gasteiger partial charge in [-0.1, -0.05) is 13.0 Å². The molecule has 1 N–H and O–H groups in total. The molecule has 5 unspecified atom stereocenters. The van der Waals surface area contributed by atoms with Gasteiger partial charge < -0.3 is 9.84 Å². The van der Waals surface area contributed by atoms with E-state index < -0.39 is 21.7 Å². The topological polar surface area (TPSA) is 46.5 Å². The average molecular weight is 446 g/mol. The van der Waals surface area contributed by atoms with Crippen molar-refractivity contribution in [2.45, 2.75) is 61.3 Å². The summed E-state index contributed by atoms with van der Waals surface area (Å²) in [5.74, 6) is -1.73. The fourth-order valence-corrected chi connectivity index (χ4v) is 4.79. The van der Waals surface area contributed by atoms with Gasteiger partial charge in [0.15, 0.2) is 0 Å². The number of fused-ring (bicyclic) bond motifs is 1. The van der Waals surface area contributed by atoms with Gasteiger partial charge in [0, 0.05) is 11.5 Å². The van der Waals surface area contributed by atoms with E-state index in [4.69, 9.17) is 4.74 Å². The lowest BCUT2D eigenvalue weighted by Gasteiger charge is -2.48. The molecule has 3 nitrogen and oxygen atoms in total. The van der Waals surface area contributed by atoms with Crippen LogP contribution in [0.25, 0.3) is 0 Å². The minimum atomic E-state index is -4.67. The Bertz CT molecular complexity index is 476. The van der Waals surface area contributed by atoms with Crippen molar-refractivity contribution in [1.29, 1.82) is 0 Å². The molecular formula is C16H22F3IO3. The van der Waals surface area contributed by atoms with E-state index in [0.717, 1.165) is 29.0 Å². The van der Waals surface area contributed by atoms with Crippen molar-refractivity contribution < 1.29 is 27.8 Å². The van der Waals surface area contributed by atoms with Gasteiger partial charge >= 0.3 is 12.1 Å². The number of halogens is 4. The molecule has 2 rings (SSSR count). The first-order valence-electron chi connectivity index (χ1n) is 7.90. The van der Waals surface area contributed by atoms with Crippen molar-refractivity contribution in [3.8, 4) is 0 Å². The number of carbonyl (C=O) groups excluding carboxylic acids is 1. The Hall–Kier alpha value is -0.310. The standard InChI is InChI=1S/C16H22F3IO3/c1-9(2)14(21)23-13-8-4-5-10-11(13)6-3-7-12(10)15(20,22)16(17,18)19/h10-13,22H,1,3-8H2,2H3. The molecule has 23 heavy (non-hydrogen) atoms. The van der Waals surface area contributed by atoms with E-state index in [0.29, 0.717) is 37.7 Å². The predicted octanol–water partition coefficient (Wildman–Crippen LogP) is 4.38. The number of alkyl halides is 4.